The number of carbonyl (C=O) groups is 2. The number of hydrogen-bond acceptors (Lipinski definition) is 6. The van der Waals surface area contributed by atoms with E-state index in [1.54, 1.807) is 24.3 Å². The quantitative estimate of drug-likeness (QED) is 0.396. The Hall–Kier alpha value is -2.38. The first kappa shape index (κ1) is 28.2. The Balaban J connectivity index is 1.31. The maximum Gasteiger partial charge on any atom is 0.193 e. The van der Waals surface area contributed by atoms with E-state index in [1.807, 2.05) is 24.3 Å². The van der Waals surface area contributed by atoms with E-state index >= 15 is 0 Å². The molecule has 1 aliphatic carbocycles. The number of carbonyl (C=O) groups excluding carboxylic acids is 2. The Labute approximate surface area is 214 Å². The molecule has 6 heteroatoms. The summed E-state index contributed by atoms with van der Waals surface area (Å²) in [5.74, 6) is 0.538. The van der Waals surface area contributed by atoms with E-state index in [1.165, 1.54) is 27.7 Å². The van der Waals surface area contributed by atoms with E-state index in [0.29, 0.717) is 36.2 Å². The Morgan fingerprint density at radius 2 is 0.972 bits per heavy atom. The van der Waals surface area contributed by atoms with Crippen LogP contribution in [0.5, 0.6) is 0 Å². The standard InChI is InChI=1S/C30H40O6/c1-29(2,33)27(31)25-13-9-23(10-14-25)19-35-17-21-5-7-22(8-6-21)18-36-20-24-11-15-26(16-12-24)28(32)30(3,4)34/h9-16,21-22,33-34H,5-8,17-20H2,1-4H3. The summed E-state index contributed by atoms with van der Waals surface area (Å²) < 4.78 is 11.9. The molecule has 1 saturated carbocycles. The summed E-state index contributed by atoms with van der Waals surface area (Å²) in [5, 5.41) is 19.7. The Morgan fingerprint density at radius 1 is 0.667 bits per heavy atom. The SMILES string of the molecule is CC(C)(O)C(=O)c1ccc(COCC2CCC(COCc3ccc(C(=O)C(C)(C)O)cc3)CC2)cc1. The van der Waals surface area contributed by atoms with Crippen LogP contribution in [0.3, 0.4) is 0 Å². The van der Waals surface area contributed by atoms with E-state index in [0.717, 1.165) is 50.0 Å². The van der Waals surface area contributed by atoms with Gasteiger partial charge in [-0.15, -0.1) is 0 Å². The van der Waals surface area contributed by atoms with Crippen LogP contribution < -0.4 is 0 Å². The van der Waals surface area contributed by atoms with Gasteiger partial charge in [0.1, 0.15) is 11.2 Å². The average molecular weight is 497 g/mol. The third-order valence-electron chi connectivity index (χ3n) is 6.75. The van der Waals surface area contributed by atoms with Crippen molar-refractivity contribution in [3.8, 4) is 0 Å². The van der Waals surface area contributed by atoms with E-state index in [2.05, 4.69) is 0 Å². The molecular weight excluding hydrogens is 456 g/mol. The van der Waals surface area contributed by atoms with Gasteiger partial charge in [0.05, 0.1) is 13.2 Å². The van der Waals surface area contributed by atoms with Crippen molar-refractivity contribution >= 4 is 11.6 Å². The van der Waals surface area contributed by atoms with Gasteiger partial charge in [-0.25, -0.2) is 0 Å². The fourth-order valence-corrected chi connectivity index (χ4v) is 4.46. The highest BCUT2D eigenvalue weighted by Gasteiger charge is 2.26. The van der Waals surface area contributed by atoms with Crippen LogP contribution in [0.2, 0.25) is 0 Å². The Bertz CT molecular complexity index is 904. The summed E-state index contributed by atoms with van der Waals surface area (Å²) in [6.07, 6.45) is 4.50. The number of hydrogen-bond donors (Lipinski definition) is 2. The molecule has 0 bridgehead atoms. The van der Waals surface area contributed by atoms with Gasteiger partial charge in [0, 0.05) is 24.3 Å². The van der Waals surface area contributed by atoms with Crippen molar-refractivity contribution in [3.63, 3.8) is 0 Å². The molecule has 0 aliphatic heterocycles. The lowest BCUT2D eigenvalue weighted by Crippen LogP contribution is -2.31. The van der Waals surface area contributed by atoms with Crippen LogP contribution in [0.4, 0.5) is 0 Å². The van der Waals surface area contributed by atoms with Gasteiger partial charge < -0.3 is 19.7 Å². The summed E-state index contributed by atoms with van der Waals surface area (Å²) in [5.41, 5.74) is 0.305. The van der Waals surface area contributed by atoms with Gasteiger partial charge in [0.25, 0.3) is 0 Å². The number of benzene rings is 2. The highest BCUT2D eigenvalue weighted by atomic mass is 16.5. The van der Waals surface area contributed by atoms with Crippen LogP contribution >= 0.6 is 0 Å². The molecule has 6 nitrogen and oxygen atoms in total. The molecule has 0 unspecified atom stereocenters. The average Bonchev–Trinajstić information content (AvgIpc) is 2.84. The lowest BCUT2D eigenvalue weighted by atomic mass is 9.83. The van der Waals surface area contributed by atoms with Crippen LogP contribution in [0.1, 0.15) is 85.2 Å². The first-order chi connectivity index (χ1) is 16.9. The van der Waals surface area contributed by atoms with Crippen molar-refractivity contribution in [1.29, 1.82) is 0 Å². The molecule has 2 aromatic rings. The molecule has 1 aliphatic rings. The zero-order valence-corrected chi connectivity index (χ0v) is 22.0. The Morgan fingerprint density at radius 3 is 1.25 bits per heavy atom. The second kappa shape index (κ2) is 12.2. The van der Waals surface area contributed by atoms with Crippen molar-refractivity contribution in [2.24, 2.45) is 11.8 Å². The highest BCUT2D eigenvalue weighted by Crippen LogP contribution is 2.29. The van der Waals surface area contributed by atoms with Crippen LogP contribution in [0, 0.1) is 11.8 Å². The van der Waals surface area contributed by atoms with Crippen molar-refractivity contribution in [1.82, 2.24) is 0 Å². The molecule has 0 radical (unpaired) electrons. The first-order valence-electron chi connectivity index (χ1n) is 12.8. The fourth-order valence-electron chi connectivity index (χ4n) is 4.46. The van der Waals surface area contributed by atoms with Crippen molar-refractivity contribution in [3.05, 3.63) is 70.8 Å². The summed E-state index contributed by atoms with van der Waals surface area (Å²) in [6.45, 7) is 8.48. The lowest BCUT2D eigenvalue weighted by Gasteiger charge is -2.28. The molecular formula is C30H40O6. The zero-order valence-electron chi connectivity index (χ0n) is 22.0. The molecule has 0 saturated heterocycles. The van der Waals surface area contributed by atoms with Crippen LogP contribution in [0.15, 0.2) is 48.5 Å². The molecule has 0 spiro atoms. The zero-order chi connectivity index (χ0) is 26.3. The van der Waals surface area contributed by atoms with E-state index in [-0.39, 0.29) is 11.6 Å². The van der Waals surface area contributed by atoms with E-state index in [4.69, 9.17) is 9.47 Å². The van der Waals surface area contributed by atoms with Gasteiger partial charge in [0.15, 0.2) is 11.6 Å². The maximum atomic E-state index is 12.1. The van der Waals surface area contributed by atoms with Gasteiger partial charge in [-0.3, -0.25) is 9.59 Å². The van der Waals surface area contributed by atoms with Gasteiger partial charge in [-0.2, -0.15) is 0 Å². The molecule has 2 aromatic carbocycles. The monoisotopic (exact) mass is 496 g/mol. The molecule has 0 heterocycles. The van der Waals surface area contributed by atoms with Crippen LogP contribution in [0.25, 0.3) is 0 Å². The summed E-state index contributed by atoms with van der Waals surface area (Å²) in [7, 11) is 0. The summed E-state index contributed by atoms with van der Waals surface area (Å²) in [6, 6.07) is 14.5. The molecule has 0 amide bonds. The topological polar surface area (TPSA) is 93.1 Å². The van der Waals surface area contributed by atoms with Crippen molar-refractivity contribution < 1.29 is 29.3 Å². The van der Waals surface area contributed by atoms with E-state index in [9.17, 15) is 19.8 Å². The molecule has 1 fully saturated rings. The van der Waals surface area contributed by atoms with Crippen LogP contribution in [-0.2, 0) is 22.7 Å². The van der Waals surface area contributed by atoms with Crippen molar-refractivity contribution in [2.75, 3.05) is 13.2 Å². The number of Topliss-reactive ketones (excluding diaryl/α,β-unsaturated/α-hetero) is 2. The fraction of sp³-hybridized carbons (Fsp3) is 0.533. The van der Waals surface area contributed by atoms with Gasteiger partial charge >= 0.3 is 0 Å². The molecule has 0 aromatic heterocycles. The number of aliphatic hydroxyl groups is 2. The van der Waals surface area contributed by atoms with Gasteiger partial charge in [-0.05, 0) is 76.3 Å². The molecule has 36 heavy (non-hydrogen) atoms. The highest BCUT2D eigenvalue weighted by molar-refractivity contribution is 6.02. The number of rotatable bonds is 12. The summed E-state index contributed by atoms with van der Waals surface area (Å²) in [4.78, 5) is 24.2. The minimum atomic E-state index is -1.37. The Kier molecular flexibility index (Phi) is 9.59. The van der Waals surface area contributed by atoms with Gasteiger partial charge in [-0.1, -0.05) is 48.5 Å². The molecule has 3 rings (SSSR count). The van der Waals surface area contributed by atoms with Gasteiger partial charge in [0.2, 0.25) is 0 Å². The van der Waals surface area contributed by atoms with Crippen LogP contribution in [-0.4, -0.2) is 46.2 Å². The van der Waals surface area contributed by atoms with E-state index < -0.39 is 11.2 Å². The predicted octanol–water partition coefficient (Wildman–Crippen LogP) is 5.13. The summed E-state index contributed by atoms with van der Waals surface area (Å²) >= 11 is 0. The molecule has 0 atom stereocenters. The largest absolute Gasteiger partial charge is 0.382 e. The lowest BCUT2D eigenvalue weighted by molar-refractivity contribution is 0.0398. The number of ketones is 2. The second-order valence-corrected chi connectivity index (χ2v) is 11.1. The molecule has 196 valence electrons. The minimum Gasteiger partial charge on any atom is -0.382 e. The first-order valence-corrected chi connectivity index (χ1v) is 12.8. The third kappa shape index (κ3) is 8.34. The maximum absolute atomic E-state index is 12.1. The minimum absolute atomic E-state index is 0.285. The smallest absolute Gasteiger partial charge is 0.193 e. The second-order valence-electron chi connectivity index (χ2n) is 11.1. The van der Waals surface area contributed by atoms with Crippen molar-refractivity contribution in [2.45, 2.75) is 77.8 Å². The molecule has 2 N–H and O–H groups in total. The third-order valence-corrected chi connectivity index (χ3v) is 6.75. The predicted molar refractivity (Wildman–Crippen MR) is 139 cm³/mol. The number of ether oxygens (including phenoxy) is 2. The normalized spacial score (nSPS) is 18.7.